The Morgan fingerprint density at radius 1 is 1.65 bits per heavy atom. The van der Waals surface area contributed by atoms with Gasteiger partial charge >= 0.3 is 0 Å². The maximum absolute atomic E-state index is 5.72. The summed E-state index contributed by atoms with van der Waals surface area (Å²) in [5.41, 5.74) is 6.69. The van der Waals surface area contributed by atoms with Crippen LogP contribution in [0.15, 0.2) is 0 Å². The first-order valence-corrected chi connectivity index (χ1v) is 6.60. The maximum atomic E-state index is 5.72. The molecule has 2 N–H and O–H groups in total. The molecule has 0 saturated carbocycles. The molecule has 1 aromatic heterocycles. The molecule has 2 heterocycles. The van der Waals surface area contributed by atoms with E-state index >= 15 is 0 Å². The molecular weight excluding hydrogens is 238 g/mol. The fourth-order valence-electron chi connectivity index (χ4n) is 1.91. The first-order valence-electron chi connectivity index (χ1n) is 5.78. The summed E-state index contributed by atoms with van der Waals surface area (Å²) >= 11 is 1.66. The fourth-order valence-corrected chi connectivity index (χ4v) is 2.88. The number of methoxy groups -OCH3 is 1. The van der Waals surface area contributed by atoms with E-state index < -0.39 is 0 Å². The van der Waals surface area contributed by atoms with Gasteiger partial charge in [0.15, 0.2) is 5.13 Å². The Morgan fingerprint density at radius 2 is 2.47 bits per heavy atom. The molecule has 1 aliphatic heterocycles. The monoisotopic (exact) mass is 257 g/mol. The molecule has 0 aliphatic carbocycles. The van der Waals surface area contributed by atoms with Gasteiger partial charge in [-0.15, -0.1) is 11.3 Å². The van der Waals surface area contributed by atoms with Gasteiger partial charge in [0.05, 0.1) is 25.0 Å². The van der Waals surface area contributed by atoms with Crippen LogP contribution in [-0.2, 0) is 22.6 Å². The molecule has 5 nitrogen and oxygen atoms in total. The van der Waals surface area contributed by atoms with Crippen LogP contribution in [0.2, 0.25) is 0 Å². The van der Waals surface area contributed by atoms with E-state index in [0.29, 0.717) is 13.2 Å². The summed E-state index contributed by atoms with van der Waals surface area (Å²) in [5, 5.41) is 1.03. The van der Waals surface area contributed by atoms with Crippen molar-refractivity contribution in [1.82, 2.24) is 4.98 Å². The normalized spacial score (nSPS) is 20.9. The molecule has 0 bridgehead atoms. The molecule has 1 atom stereocenters. The highest BCUT2D eigenvalue weighted by Crippen LogP contribution is 2.27. The molecule has 1 unspecified atom stereocenters. The predicted octanol–water partition coefficient (Wildman–Crippen LogP) is 0.973. The minimum absolute atomic E-state index is 0.264. The van der Waals surface area contributed by atoms with Gasteiger partial charge in [-0.2, -0.15) is 0 Å². The third-order valence-electron chi connectivity index (χ3n) is 2.75. The lowest BCUT2D eigenvalue weighted by molar-refractivity contribution is 0.0532. The molecule has 0 radical (unpaired) electrons. The number of hydrogen-bond donors (Lipinski definition) is 1. The molecule has 0 spiro atoms. The van der Waals surface area contributed by atoms with Crippen LogP contribution >= 0.6 is 11.3 Å². The average Bonchev–Trinajstić information content (AvgIpc) is 2.73. The Bertz CT molecular complexity index is 370. The van der Waals surface area contributed by atoms with Crippen LogP contribution in [-0.4, -0.2) is 37.9 Å². The van der Waals surface area contributed by atoms with Crippen LogP contribution in [0.4, 0.5) is 5.13 Å². The van der Waals surface area contributed by atoms with Gasteiger partial charge < -0.3 is 20.1 Å². The van der Waals surface area contributed by atoms with Crippen LogP contribution in [0.25, 0.3) is 0 Å². The summed E-state index contributed by atoms with van der Waals surface area (Å²) in [6.07, 6.45) is 0.264. The van der Waals surface area contributed by atoms with Crippen LogP contribution in [0.3, 0.4) is 0 Å². The van der Waals surface area contributed by atoms with Gasteiger partial charge in [0.25, 0.3) is 0 Å². The molecule has 0 amide bonds. The summed E-state index contributed by atoms with van der Waals surface area (Å²) in [6.45, 7) is 5.69. The SMILES string of the molecule is COCc1nc(N2CCOC(C)C2)sc1CN. The Labute approximate surface area is 106 Å². The molecule has 96 valence electrons. The standard InChI is InChI=1S/C11H19N3O2S/c1-8-6-14(3-4-16-8)11-13-9(7-15-2)10(5-12)17-11/h8H,3-7,12H2,1-2H3. The molecular formula is C11H19N3O2S. The molecule has 1 aromatic rings. The molecule has 1 fully saturated rings. The van der Waals surface area contributed by atoms with E-state index in [2.05, 4.69) is 16.8 Å². The molecule has 1 aliphatic rings. The number of aromatic nitrogens is 1. The zero-order valence-electron chi connectivity index (χ0n) is 10.3. The summed E-state index contributed by atoms with van der Waals surface area (Å²) in [4.78, 5) is 7.99. The molecule has 6 heteroatoms. The van der Waals surface area contributed by atoms with Crippen LogP contribution in [0.1, 0.15) is 17.5 Å². The Balaban J connectivity index is 2.14. The number of nitrogens with two attached hydrogens (primary N) is 1. The van der Waals surface area contributed by atoms with Crippen molar-refractivity contribution in [3.8, 4) is 0 Å². The topological polar surface area (TPSA) is 60.6 Å². The average molecular weight is 257 g/mol. The number of rotatable bonds is 4. The minimum atomic E-state index is 0.264. The highest BCUT2D eigenvalue weighted by molar-refractivity contribution is 7.15. The van der Waals surface area contributed by atoms with Crippen molar-refractivity contribution in [3.63, 3.8) is 0 Å². The molecule has 17 heavy (non-hydrogen) atoms. The van der Waals surface area contributed by atoms with Gasteiger partial charge in [-0.25, -0.2) is 4.98 Å². The second-order valence-electron chi connectivity index (χ2n) is 4.13. The second kappa shape index (κ2) is 5.77. The van der Waals surface area contributed by atoms with Crippen molar-refractivity contribution >= 4 is 16.5 Å². The molecule has 2 rings (SSSR count). The smallest absolute Gasteiger partial charge is 0.186 e. The van der Waals surface area contributed by atoms with Gasteiger partial charge in [-0.1, -0.05) is 0 Å². The van der Waals surface area contributed by atoms with Crippen molar-refractivity contribution in [3.05, 3.63) is 10.6 Å². The van der Waals surface area contributed by atoms with E-state index in [1.165, 1.54) is 0 Å². The van der Waals surface area contributed by atoms with Gasteiger partial charge in [0.2, 0.25) is 0 Å². The van der Waals surface area contributed by atoms with E-state index in [4.69, 9.17) is 15.2 Å². The number of morpholine rings is 1. The Kier molecular flexibility index (Phi) is 4.33. The highest BCUT2D eigenvalue weighted by atomic mass is 32.1. The first kappa shape index (κ1) is 12.8. The zero-order valence-corrected chi connectivity index (χ0v) is 11.1. The Hall–Kier alpha value is -0.690. The quantitative estimate of drug-likeness (QED) is 0.871. The third-order valence-corrected chi connectivity index (χ3v) is 3.93. The van der Waals surface area contributed by atoms with Crippen molar-refractivity contribution in [2.24, 2.45) is 5.73 Å². The summed E-state index contributed by atoms with van der Waals surface area (Å²) in [6, 6.07) is 0. The highest BCUT2D eigenvalue weighted by Gasteiger charge is 2.21. The maximum Gasteiger partial charge on any atom is 0.186 e. The largest absolute Gasteiger partial charge is 0.378 e. The Morgan fingerprint density at radius 3 is 3.12 bits per heavy atom. The lowest BCUT2D eigenvalue weighted by Crippen LogP contribution is -2.41. The third kappa shape index (κ3) is 2.95. The van der Waals surface area contributed by atoms with Crippen molar-refractivity contribution < 1.29 is 9.47 Å². The minimum Gasteiger partial charge on any atom is -0.378 e. The van der Waals surface area contributed by atoms with Gasteiger partial charge in [0.1, 0.15) is 0 Å². The summed E-state index contributed by atoms with van der Waals surface area (Å²) < 4.78 is 10.7. The van der Waals surface area contributed by atoms with Gasteiger partial charge in [-0.05, 0) is 6.92 Å². The van der Waals surface area contributed by atoms with Crippen LogP contribution < -0.4 is 10.6 Å². The number of hydrogen-bond acceptors (Lipinski definition) is 6. The fraction of sp³-hybridized carbons (Fsp3) is 0.727. The lowest BCUT2D eigenvalue weighted by atomic mass is 10.3. The number of anilines is 1. The number of nitrogens with zero attached hydrogens (tertiary/aromatic N) is 2. The summed E-state index contributed by atoms with van der Waals surface area (Å²) in [5.74, 6) is 0. The van der Waals surface area contributed by atoms with Crippen LogP contribution in [0.5, 0.6) is 0 Å². The second-order valence-corrected chi connectivity index (χ2v) is 5.19. The van der Waals surface area contributed by atoms with E-state index in [0.717, 1.165) is 35.4 Å². The van der Waals surface area contributed by atoms with Crippen molar-refractivity contribution in [2.75, 3.05) is 31.7 Å². The predicted molar refractivity (Wildman–Crippen MR) is 68.3 cm³/mol. The van der Waals surface area contributed by atoms with Crippen molar-refractivity contribution in [2.45, 2.75) is 26.2 Å². The number of ether oxygens (including phenoxy) is 2. The van der Waals surface area contributed by atoms with Crippen molar-refractivity contribution in [1.29, 1.82) is 0 Å². The van der Waals surface area contributed by atoms with E-state index in [1.54, 1.807) is 18.4 Å². The first-order chi connectivity index (χ1) is 8.24. The van der Waals surface area contributed by atoms with E-state index in [1.807, 2.05) is 0 Å². The van der Waals surface area contributed by atoms with Gasteiger partial charge in [-0.3, -0.25) is 0 Å². The molecule has 1 saturated heterocycles. The zero-order chi connectivity index (χ0) is 12.3. The number of thiazole rings is 1. The van der Waals surface area contributed by atoms with Crippen LogP contribution in [0, 0.1) is 0 Å². The van der Waals surface area contributed by atoms with E-state index in [-0.39, 0.29) is 6.10 Å². The lowest BCUT2D eigenvalue weighted by Gasteiger charge is -2.30. The summed E-state index contributed by atoms with van der Waals surface area (Å²) in [7, 11) is 1.68. The van der Waals surface area contributed by atoms with Gasteiger partial charge in [0, 0.05) is 31.6 Å². The molecule has 0 aromatic carbocycles. The van der Waals surface area contributed by atoms with E-state index in [9.17, 15) is 0 Å².